The summed E-state index contributed by atoms with van der Waals surface area (Å²) in [5.74, 6) is 0.404. The first-order valence-corrected chi connectivity index (χ1v) is 11.7. The van der Waals surface area contributed by atoms with Gasteiger partial charge >= 0.3 is 0 Å². The van der Waals surface area contributed by atoms with Crippen LogP contribution in [0.4, 0.5) is 5.13 Å². The number of benzene rings is 1. The van der Waals surface area contributed by atoms with Gasteiger partial charge in [-0.2, -0.15) is 0 Å². The Bertz CT molecular complexity index is 882. The Balaban J connectivity index is 1.25. The van der Waals surface area contributed by atoms with Crippen LogP contribution in [0.1, 0.15) is 61.4 Å². The van der Waals surface area contributed by atoms with Gasteiger partial charge in [-0.25, -0.2) is 0 Å². The van der Waals surface area contributed by atoms with E-state index in [1.165, 1.54) is 43.4 Å². The van der Waals surface area contributed by atoms with Crippen LogP contribution in [0, 0.1) is 5.92 Å². The van der Waals surface area contributed by atoms with Crippen LogP contribution in [0.5, 0.6) is 0 Å². The highest BCUT2D eigenvalue weighted by Crippen LogP contribution is 2.35. The normalized spacial score (nSPS) is 18.6. The summed E-state index contributed by atoms with van der Waals surface area (Å²) in [4.78, 5) is 26.9. The van der Waals surface area contributed by atoms with E-state index in [9.17, 15) is 9.59 Å². The number of amides is 2. The fourth-order valence-electron chi connectivity index (χ4n) is 4.21. The number of piperidine rings is 1. The third-order valence-corrected chi connectivity index (χ3v) is 7.02. The highest BCUT2D eigenvalue weighted by molar-refractivity contribution is 7.15. The van der Waals surface area contributed by atoms with Crippen LogP contribution in [0.15, 0.2) is 36.4 Å². The molecule has 2 aliphatic rings. The zero-order chi connectivity index (χ0) is 20.8. The van der Waals surface area contributed by atoms with Crippen molar-refractivity contribution < 1.29 is 9.59 Å². The maximum absolute atomic E-state index is 12.7. The molecule has 0 spiro atoms. The molecule has 0 atom stereocenters. The van der Waals surface area contributed by atoms with Crippen LogP contribution in [-0.2, 0) is 9.59 Å². The first-order chi connectivity index (χ1) is 14.7. The first kappa shape index (κ1) is 20.7. The lowest BCUT2D eigenvalue weighted by Crippen LogP contribution is -2.40. The zero-order valence-electron chi connectivity index (χ0n) is 17.1. The highest BCUT2D eigenvalue weighted by atomic mass is 32.1. The van der Waals surface area contributed by atoms with Gasteiger partial charge in [-0.3, -0.25) is 9.59 Å². The Hall–Kier alpha value is -2.54. The lowest BCUT2D eigenvalue weighted by Gasteiger charge is -2.30. The molecule has 30 heavy (non-hydrogen) atoms. The van der Waals surface area contributed by atoms with Crippen molar-refractivity contribution in [2.45, 2.75) is 50.9 Å². The van der Waals surface area contributed by atoms with Gasteiger partial charge < -0.3 is 10.2 Å². The monoisotopic (exact) mass is 424 g/mol. The Morgan fingerprint density at radius 1 is 1.00 bits per heavy atom. The van der Waals surface area contributed by atoms with Gasteiger partial charge in [0.25, 0.3) is 0 Å². The SMILES string of the molecule is O=C(Nc1nnc(C2CCCCC2)s1)C1CCN(C(=O)/C=C/c2ccccc2)CC1. The summed E-state index contributed by atoms with van der Waals surface area (Å²) in [7, 11) is 0. The van der Waals surface area contributed by atoms with Crippen molar-refractivity contribution in [1.29, 1.82) is 0 Å². The predicted octanol–water partition coefficient (Wildman–Crippen LogP) is 4.48. The van der Waals surface area contributed by atoms with Crippen molar-refractivity contribution in [3.8, 4) is 0 Å². The maximum atomic E-state index is 12.7. The Morgan fingerprint density at radius 3 is 2.47 bits per heavy atom. The number of hydrogen-bond acceptors (Lipinski definition) is 5. The molecule has 4 rings (SSSR count). The van der Waals surface area contributed by atoms with Gasteiger partial charge in [-0.15, -0.1) is 10.2 Å². The molecule has 7 heteroatoms. The molecule has 1 aliphatic heterocycles. The van der Waals surface area contributed by atoms with Crippen LogP contribution >= 0.6 is 11.3 Å². The summed E-state index contributed by atoms with van der Waals surface area (Å²) in [6.45, 7) is 1.19. The molecule has 1 saturated carbocycles. The minimum Gasteiger partial charge on any atom is -0.339 e. The molecule has 0 unspecified atom stereocenters. The van der Waals surface area contributed by atoms with Crippen molar-refractivity contribution in [3.63, 3.8) is 0 Å². The lowest BCUT2D eigenvalue weighted by atomic mass is 9.90. The highest BCUT2D eigenvalue weighted by Gasteiger charge is 2.27. The van der Waals surface area contributed by atoms with Crippen LogP contribution < -0.4 is 5.32 Å². The van der Waals surface area contributed by atoms with Gasteiger partial charge in [0, 0.05) is 31.0 Å². The second-order valence-electron chi connectivity index (χ2n) is 8.11. The molecule has 1 aromatic carbocycles. The van der Waals surface area contributed by atoms with E-state index in [0.717, 1.165) is 10.6 Å². The first-order valence-electron chi connectivity index (χ1n) is 10.9. The molecule has 1 aromatic heterocycles. The third-order valence-electron chi connectivity index (χ3n) is 6.02. The maximum Gasteiger partial charge on any atom is 0.246 e. The molecule has 0 bridgehead atoms. The van der Waals surface area contributed by atoms with E-state index in [1.54, 1.807) is 6.08 Å². The van der Waals surface area contributed by atoms with Crippen LogP contribution in [0.3, 0.4) is 0 Å². The van der Waals surface area contributed by atoms with E-state index >= 15 is 0 Å². The lowest BCUT2D eigenvalue weighted by molar-refractivity contribution is -0.130. The predicted molar refractivity (Wildman–Crippen MR) is 119 cm³/mol. The fraction of sp³-hybridized carbons (Fsp3) is 0.478. The van der Waals surface area contributed by atoms with E-state index < -0.39 is 0 Å². The smallest absolute Gasteiger partial charge is 0.246 e. The summed E-state index contributed by atoms with van der Waals surface area (Å²) in [5.41, 5.74) is 1.00. The van der Waals surface area contributed by atoms with Crippen molar-refractivity contribution in [1.82, 2.24) is 15.1 Å². The van der Waals surface area contributed by atoms with Gasteiger partial charge in [0.2, 0.25) is 16.9 Å². The van der Waals surface area contributed by atoms with Gasteiger partial charge in [0.15, 0.2) is 0 Å². The number of likely N-dealkylation sites (tertiary alicyclic amines) is 1. The molecule has 1 N–H and O–H groups in total. The number of nitrogens with one attached hydrogen (secondary N) is 1. The number of hydrogen-bond donors (Lipinski definition) is 1. The van der Waals surface area contributed by atoms with Gasteiger partial charge in [0.05, 0.1) is 0 Å². The van der Waals surface area contributed by atoms with Crippen LogP contribution in [0.2, 0.25) is 0 Å². The molecule has 158 valence electrons. The van der Waals surface area contributed by atoms with Crippen molar-refractivity contribution in [3.05, 3.63) is 47.0 Å². The summed E-state index contributed by atoms with van der Waals surface area (Å²) >= 11 is 1.51. The second-order valence-corrected chi connectivity index (χ2v) is 9.12. The van der Waals surface area contributed by atoms with E-state index in [0.29, 0.717) is 37.0 Å². The molecule has 2 amide bonds. The van der Waals surface area contributed by atoms with Crippen molar-refractivity contribution in [2.24, 2.45) is 5.92 Å². The average molecular weight is 425 g/mol. The average Bonchev–Trinajstić information content (AvgIpc) is 3.27. The van der Waals surface area contributed by atoms with Gasteiger partial charge in [-0.1, -0.05) is 60.9 Å². The quantitative estimate of drug-likeness (QED) is 0.718. The third kappa shape index (κ3) is 5.33. The van der Waals surface area contributed by atoms with E-state index in [4.69, 9.17) is 0 Å². The van der Waals surface area contributed by atoms with E-state index in [1.807, 2.05) is 41.3 Å². The number of carbonyl (C=O) groups excluding carboxylic acids is 2. The Kier molecular flexibility index (Phi) is 6.89. The summed E-state index contributed by atoms with van der Waals surface area (Å²) in [6.07, 6.45) is 11.0. The summed E-state index contributed by atoms with van der Waals surface area (Å²) < 4.78 is 0. The largest absolute Gasteiger partial charge is 0.339 e. The standard InChI is InChI=1S/C23H28N4O2S/c28-20(12-11-17-7-3-1-4-8-17)27-15-13-18(14-16-27)21(29)24-23-26-25-22(30-23)19-9-5-2-6-10-19/h1,3-4,7-8,11-12,18-19H,2,5-6,9-10,13-16H2,(H,24,26,29)/b12-11+. The van der Waals surface area contributed by atoms with Gasteiger partial charge in [-0.05, 0) is 37.3 Å². The Morgan fingerprint density at radius 2 is 1.73 bits per heavy atom. The Labute approximate surface area is 181 Å². The molecule has 6 nitrogen and oxygen atoms in total. The number of anilines is 1. The van der Waals surface area contributed by atoms with E-state index in [2.05, 4.69) is 15.5 Å². The summed E-state index contributed by atoms with van der Waals surface area (Å²) in [5, 5.41) is 13.1. The number of nitrogens with zero attached hydrogens (tertiary/aromatic N) is 3. The molecule has 2 heterocycles. The van der Waals surface area contributed by atoms with Gasteiger partial charge in [0.1, 0.15) is 5.01 Å². The minimum absolute atomic E-state index is 0.000964. The molecular formula is C23H28N4O2S. The second kappa shape index (κ2) is 9.98. The molecular weight excluding hydrogens is 396 g/mol. The topological polar surface area (TPSA) is 75.2 Å². The van der Waals surface area contributed by atoms with Crippen molar-refractivity contribution in [2.75, 3.05) is 18.4 Å². The number of carbonyl (C=O) groups is 2. The molecule has 2 aromatic rings. The fourth-order valence-corrected chi connectivity index (χ4v) is 5.12. The minimum atomic E-state index is -0.0887. The molecule has 1 saturated heterocycles. The number of rotatable bonds is 5. The van der Waals surface area contributed by atoms with E-state index in [-0.39, 0.29) is 17.7 Å². The van der Waals surface area contributed by atoms with Crippen LogP contribution in [-0.4, -0.2) is 40.0 Å². The molecule has 2 fully saturated rings. The van der Waals surface area contributed by atoms with Crippen molar-refractivity contribution >= 4 is 34.4 Å². The summed E-state index contributed by atoms with van der Waals surface area (Å²) in [6, 6.07) is 9.78. The zero-order valence-corrected chi connectivity index (χ0v) is 17.9. The van der Waals surface area contributed by atoms with Crippen LogP contribution in [0.25, 0.3) is 6.08 Å². The molecule has 0 radical (unpaired) electrons. The molecule has 1 aliphatic carbocycles. The number of aromatic nitrogens is 2.